The van der Waals surface area contributed by atoms with Crippen LogP contribution in [0, 0.1) is 6.92 Å². The van der Waals surface area contributed by atoms with Crippen LogP contribution in [0.25, 0.3) is 21.8 Å². The van der Waals surface area contributed by atoms with Crippen molar-refractivity contribution in [1.82, 2.24) is 20.1 Å². The Morgan fingerprint density at radius 2 is 2.07 bits per heavy atom. The van der Waals surface area contributed by atoms with E-state index in [0.717, 1.165) is 32.1 Å². The standard InChI is InChI=1S/C20H17ClN4O2/c1-12-5-6-17-15(7-12)16-10-23-25(20(27)19(16)24-17)11-18(26)22-9-13-3-2-4-14(21)8-13/h2-8,10,24H,9,11H2,1H3,(H,22,26). The van der Waals surface area contributed by atoms with E-state index in [2.05, 4.69) is 15.4 Å². The molecule has 2 N–H and O–H groups in total. The van der Waals surface area contributed by atoms with Crippen LogP contribution >= 0.6 is 11.6 Å². The maximum atomic E-state index is 12.7. The molecular formula is C20H17ClN4O2. The van der Waals surface area contributed by atoms with Crippen LogP contribution in [-0.2, 0) is 17.9 Å². The highest BCUT2D eigenvalue weighted by molar-refractivity contribution is 6.30. The van der Waals surface area contributed by atoms with Crippen molar-refractivity contribution in [3.63, 3.8) is 0 Å². The van der Waals surface area contributed by atoms with E-state index in [1.807, 2.05) is 37.3 Å². The highest BCUT2D eigenvalue weighted by atomic mass is 35.5. The summed E-state index contributed by atoms with van der Waals surface area (Å²) in [5, 5.41) is 9.27. The molecule has 0 radical (unpaired) electrons. The maximum Gasteiger partial charge on any atom is 0.291 e. The third-order valence-corrected chi connectivity index (χ3v) is 4.68. The monoisotopic (exact) mass is 380 g/mol. The van der Waals surface area contributed by atoms with Gasteiger partial charge in [-0.05, 0) is 36.8 Å². The minimum absolute atomic E-state index is 0.149. The number of fused-ring (bicyclic) bond motifs is 3. The summed E-state index contributed by atoms with van der Waals surface area (Å²) in [5.74, 6) is -0.295. The van der Waals surface area contributed by atoms with E-state index >= 15 is 0 Å². The van der Waals surface area contributed by atoms with Gasteiger partial charge in [0.2, 0.25) is 5.91 Å². The predicted molar refractivity (Wildman–Crippen MR) is 106 cm³/mol. The average Bonchev–Trinajstić information content (AvgIpc) is 3.01. The number of carbonyl (C=O) groups excluding carboxylic acids is 1. The quantitative estimate of drug-likeness (QED) is 0.570. The van der Waals surface area contributed by atoms with E-state index in [9.17, 15) is 9.59 Å². The zero-order valence-corrected chi connectivity index (χ0v) is 15.4. The van der Waals surface area contributed by atoms with Crippen LogP contribution < -0.4 is 10.9 Å². The summed E-state index contributed by atoms with van der Waals surface area (Å²) in [6, 6.07) is 13.2. The highest BCUT2D eigenvalue weighted by Crippen LogP contribution is 2.23. The molecule has 0 saturated heterocycles. The Balaban J connectivity index is 1.56. The Morgan fingerprint density at radius 3 is 2.89 bits per heavy atom. The normalized spacial score (nSPS) is 11.2. The van der Waals surface area contributed by atoms with E-state index in [4.69, 9.17) is 11.6 Å². The Kier molecular flexibility index (Phi) is 4.41. The van der Waals surface area contributed by atoms with Gasteiger partial charge in [0.15, 0.2) is 0 Å². The number of aromatic amines is 1. The number of carbonyl (C=O) groups is 1. The van der Waals surface area contributed by atoms with Gasteiger partial charge in [-0.25, -0.2) is 4.68 Å². The Hall–Kier alpha value is -3.12. The maximum absolute atomic E-state index is 12.7. The van der Waals surface area contributed by atoms with E-state index in [1.165, 1.54) is 0 Å². The molecule has 7 heteroatoms. The van der Waals surface area contributed by atoms with Crippen molar-refractivity contribution in [1.29, 1.82) is 0 Å². The van der Waals surface area contributed by atoms with Crippen LogP contribution in [-0.4, -0.2) is 20.7 Å². The van der Waals surface area contributed by atoms with Crippen molar-refractivity contribution < 1.29 is 4.79 Å². The molecule has 0 aliphatic carbocycles. The van der Waals surface area contributed by atoms with Gasteiger partial charge < -0.3 is 10.3 Å². The fourth-order valence-electron chi connectivity index (χ4n) is 3.09. The molecule has 2 heterocycles. The topological polar surface area (TPSA) is 79.8 Å². The van der Waals surface area contributed by atoms with Gasteiger partial charge >= 0.3 is 0 Å². The Morgan fingerprint density at radius 1 is 1.22 bits per heavy atom. The molecule has 0 aliphatic heterocycles. The molecule has 4 aromatic rings. The van der Waals surface area contributed by atoms with Gasteiger partial charge in [-0.15, -0.1) is 0 Å². The fourth-order valence-corrected chi connectivity index (χ4v) is 3.30. The fraction of sp³-hybridized carbons (Fsp3) is 0.150. The van der Waals surface area contributed by atoms with Gasteiger partial charge in [0, 0.05) is 27.9 Å². The first-order chi connectivity index (χ1) is 13.0. The lowest BCUT2D eigenvalue weighted by Crippen LogP contribution is -2.33. The summed E-state index contributed by atoms with van der Waals surface area (Å²) in [6.45, 7) is 2.18. The summed E-state index contributed by atoms with van der Waals surface area (Å²) in [4.78, 5) is 28.1. The number of aromatic nitrogens is 3. The number of nitrogens with zero attached hydrogens (tertiary/aromatic N) is 2. The molecule has 4 rings (SSSR count). The van der Waals surface area contributed by atoms with Crippen molar-refractivity contribution in [3.05, 3.63) is 75.2 Å². The molecule has 0 bridgehead atoms. The number of hydrogen-bond acceptors (Lipinski definition) is 3. The first-order valence-electron chi connectivity index (χ1n) is 8.50. The molecule has 136 valence electrons. The molecule has 0 unspecified atom stereocenters. The van der Waals surface area contributed by atoms with Crippen LogP contribution in [0.5, 0.6) is 0 Å². The number of hydrogen-bond donors (Lipinski definition) is 2. The molecule has 0 saturated carbocycles. The molecule has 0 aliphatic rings. The van der Waals surface area contributed by atoms with Crippen molar-refractivity contribution in [2.75, 3.05) is 0 Å². The summed E-state index contributed by atoms with van der Waals surface area (Å²) in [5.41, 5.74) is 3.00. The van der Waals surface area contributed by atoms with Gasteiger partial charge in [-0.2, -0.15) is 5.10 Å². The first-order valence-corrected chi connectivity index (χ1v) is 8.88. The molecule has 0 atom stereocenters. The molecular weight excluding hydrogens is 364 g/mol. The predicted octanol–water partition coefficient (Wildman–Crippen LogP) is 3.16. The number of halogens is 1. The highest BCUT2D eigenvalue weighted by Gasteiger charge is 2.12. The smallest absolute Gasteiger partial charge is 0.291 e. The number of aryl methyl sites for hydroxylation is 1. The summed E-state index contributed by atoms with van der Waals surface area (Å²) in [7, 11) is 0. The van der Waals surface area contributed by atoms with Crippen molar-refractivity contribution in [2.45, 2.75) is 20.0 Å². The zero-order chi connectivity index (χ0) is 19.0. The number of rotatable bonds is 4. The molecule has 0 spiro atoms. The molecule has 6 nitrogen and oxygen atoms in total. The third kappa shape index (κ3) is 3.44. The summed E-state index contributed by atoms with van der Waals surface area (Å²) >= 11 is 5.94. The van der Waals surface area contributed by atoms with Crippen molar-refractivity contribution in [2.24, 2.45) is 0 Å². The summed E-state index contributed by atoms with van der Waals surface area (Å²) < 4.78 is 1.16. The van der Waals surface area contributed by atoms with Gasteiger partial charge in [0.1, 0.15) is 12.1 Å². The van der Waals surface area contributed by atoms with E-state index in [1.54, 1.807) is 18.3 Å². The number of H-pyrrole nitrogens is 1. The van der Waals surface area contributed by atoms with Gasteiger partial charge in [0.05, 0.1) is 6.20 Å². The third-order valence-electron chi connectivity index (χ3n) is 4.44. The first kappa shape index (κ1) is 17.3. The molecule has 2 aromatic carbocycles. The summed E-state index contributed by atoms with van der Waals surface area (Å²) in [6.07, 6.45) is 1.62. The molecule has 2 aromatic heterocycles. The second kappa shape index (κ2) is 6.89. The molecule has 0 fully saturated rings. The van der Waals surface area contributed by atoms with Crippen molar-refractivity contribution in [3.8, 4) is 0 Å². The molecule has 27 heavy (non-hydrogen) atoms. The van der Waals surface area contributed by atoms with Crippen LogP contribution in [0.3, 0.4) is 0 Å². The van der Waals surface area contributed by atoms with E-state index in [-0.39, 0.29) is 18.0 Å². The van der Waals surface area contributed by atoms with Crippen LogP contribution in [0.15, 0.2) is 53.5 Å². The second-order valence-corrected chi connectivity index (χ2v) is 6.91. The minimum atomic E-state index is -0.320. The van der Waals surface area contributed by atoms with Gasteiger partial charge in [-0.3, -0.25) is 9.59 Å². The zero-order valence-electron chi connectivity index (χ0n) is 14.6. The Bertz CT molecular complexity index is 1230. The lowest BCUT2D eigenvalue weighted by molar-refractivity contribution is -0.122. The lowest BCUT2D eigenvalue weighted by atomic mass is 10.1. The minimum Gasteiger partial charge on any atom is -0.350 e. The van der Waals surface area contributed by atoms with Gasteiger partial charge in [-0.1, -0.05) is 35.4 Å². The van der Waals surface area contributed by atoms with Crippen molar-refractivity contribution >= 4 is 39.3 Å². The SMILES string of the molecule is Cc1ccc2[nH]c3c(=O)n(CC(=O)NCc4cccc(Cl)c4)ncc3c2c1. The van der Waals surface area contributed by atoms with Crippen LogP contribution in [0.2, 0.25) is 5.02 Å². The van der Waals surface area contributed by atoms with E-state index in [0.29, 0.717) is 17.1 Å². The number of benzene rings is 2. The lowest BCUT2D eigenvalue weighted by Gasteiger charge is -2.07. The van der Waals surface area contributed by atoms with Crippen LogP contribution in [0.4, 0.5) is 0 Å². The van der Waals surface area contributed by atoms with Crippen LogP contribution in [0.1, 0.15) is 11.1 Å². The Labute approximate surface area is 159 Å². The molecule has 1 amide bonds. The second-order valence-electron chi connectivity index (χ2n) is 6.48. The number of nitrogens with one attached hydrogen (secondary N) is 2. The largest absolute Gasteiger partial charge is 0.350 e. The average molecular weight is 381 g/mol. The van der Waals surface area contributed by atoms with E-state index < -0.39 is 0 Å². The van der Waals surface area contributed by atoms with Gasteiger partial charge in [0.25, 0.3) is 5.56 Å². The number of amides is 1.